The first-order valence-corrected chi connectivity index (χ1v) is 10.0. The molecule has 1 aliphatic rings. The van der Waals surface area contributed by atoms with Crippen LogP contribution in [-0.4, -0.2) is 26.1 Å². The molecule has 0 bridgehead atoms. The maximum absolute atomic E-state index is 12.9. The third-order valence-corrected chi connectivity index (χ3v) is 5.46. The number of nitrogens with zero attached hydrogens (tertiary/aromatic N) is 3. The number of fused-ring (bicyclic) bond motifs is 3. The molecule has 4 rings (SSSR count). The number of benzene rings is 1. The summed E-state index contributed by atoms with van der Waals surface area (Å²) in [5, 5.41) is 7.55. The number of hydrogen-bond acceptors (Lipinski definition) is 3. The van der Waals surface area contributed by atoms with Crippen molar-refractivity contribution in [2.75, 3.05) is 0 Å². The lowest BCUT2D eigenvalue weighted by atomic mass is 9.97. The smallest absolute Gasteiger partial charge is 0.277 e. The summed E-state index contributed by atoms with van der Waals surface area (Å²) in [6.07, 6.45) is 9.23. The van der Waals surface area contributed by atoms with Crippen molar-refractivity contribution in [1.29, 1.82) is 0 Å². The van der Waals surface area contributed by atoms with Crippen LogP contribution in [0.2, 0.25) is 0 Å². The predicted molar refractivity (Wildman–Crippen MR) is 108 cm³/mol. The van der Waals surface area contributed by atoms with Crippen LogP contribution in [0, 0.1) is 0 Å². The van der Waals surface area contributed by atoms with Crippen molar-refractivity contribution in [2.24, 2.45) is 0 Å². The van der Waals surface area contributed by atoms with E-state index in [4.69, 9.17) is 0 Å². The van der Waals surface area contributed by atoms with Gasteiger partial charge in [0.25, 0.3) is 5.56 Å². The fraction of sp³-hybridized carbons (Fsp3) is 0.409. The highest BCUT2D eigenvalue weighted by atomic mass is 16.2. The van der Waals surface area contributed by atoms with Gasteiger partial charge >= 0.3 is 0 Å². The molecule has 6 heteroatoms. The second kappa shape index (κ2) is 8.00. The zero-order valence-corrected chi connectivity index (χ0v) is 16.2. The third-order valence-electron chi connectivity index (χ3n) is 5.46. The maximum Gasteiger partial charge on any atom is 0.277 e. The number of aryl methyl sites for hydroxylation is 3. The first kappa shape index (κ1) is 18.5. The van der Waals surface area contributed by atoms with Crippen LogP contribution in [0.1, 0.15) is 43.0 Å². The van der Waals surface area contributed by atoms with E-state index < -0.39 is 0 Å². The Morgan fingerprint density at radius 1 is 1.18 bits per heavy atom. The monoisotopic (exact) mass is 378 g/mol. The highest BCUT2D eigenvalue weighted by molar-refractivity contribution is 5.76. The number of aromatic nitrogens is 3. The third kappa shape index (κ3) is 3.86. The molecule has 146 valence electrons. The van der Waals surface area contributed by atoms with Gasteiger partial charge in [0.05, 0.1) is 5.69 Å². The summed E-state index contributed by atoms with van der Waals surface area (Å²) in [6.45, 7) is 2.03. The topological polar surface area (TPSA) is 68.4 Å². The largest absolute Gasteiger partial charge is 0.352 e. The van der Waals surface area contributed by atoms with Gasteiger partial charge in [-0.25, -0.2) is 4.52 Å². The Labute approximate surface area is 164 Å². The molecule has 0 fully saturated rings. The van der Waals surface area contributed by atoms with Crippen molar-refractivity contribution in [3.8, 4) is 0 Å². The van der Waals surface area contributed by atoms with Crippen molar-refractivity contribution >= 4 is 11.4 Å². The van der Waals surface area contributed by atoms with E-state index in [-0.39, 0.29) is 24.1 Å². The number of rotatable bonds is 6. The number of nitrogens with one attached hydrogen (secondary N) is 1. The molecule has 3 aromatic rings. The highest BCUT2D eigenvalue weighted by Gasteiger charge is 2.20. The van der Waals surface area contributed by atoms with E-state index >= 15 is 0 Å². The quantitative estimate of drug-likeness (QED) is 0.717. The van der Waals surface area contributed by atoms with Gasteiger partial charge in [-0.1, -0.05) is 30.3 Å². The molecular weight excluding hydrogens is 352 g/mol. The zero-order valence-electron chi connectivity index (χ0n) is 16.2. The molecule has 1 amide bonds. The minimum absolute atomic E-state index is 0.0327. The summed E-state index contributed by atoms with van der Waals surface area (Å²) < 4.78 is 3.17. The SMILES string of the molecule is CC(CCc1ccccc1)NC(=O)Cn1ccn2nc3c(c2c1=O)CCCC3. The maximum atomic E-state index is 12.9. The molecule has 1 aliphatic carbocycles. The lowest BCUT2D eigenvalue weighted by Gasteiger charge is -2.15. The van der Waals surface area contributed by atoms with Gasteiger partial charge in [-0.15, -0.1) is 0 Å². The molecule has 0 spiro atoms. The molecule has 1 atom stereocenters. The molecule has 2 heterocycles. The lowest BCUT2D eigenvalue weighted by molar-refractivity contribution is -0.122. The fourth-order valence-corrected chi connectivity index (χ4v) is 3.96. The molecule has 28 heavy (non-hydrogen) atoms. The van der Waals surface area contributed by atoms with Crippen LogP contribution in [0.25, 0.3) is 5.52 Å². The van der Waals surface area contributed by atoms with E-state index in [9.17, 15) is 9.59 Å². The average molecular weight is 378 g/mol. The highest BCUT2D eigenvalue weighted by Crippen LogP contribution is 2.22. The Balaban J connectivity index is 1.42. The summed E-state index contributed by atoms with van der Waals surface area (Å²) in [5.74, 6) is -0.139. The number of amides is 1. The molecule has 6 nitrogen and oxygen atoms in total. The first-order valence-electron chi connectivity index (χ1n) is 10.0. The van der Waals surface area contributed by atoms with E-state index in [1.54, 1.807) is 16.9 Å². The number of hydrogen-bond donors (Lipinski definition) is 1. The van der Waals surface area contributed by atoms with Crippen LogP contribution >= 0.6 is 0 Å². The standard InChI is InChI=1S/C22H26N4O2/c1-16(11-12-17-7-3-2-4-8-17)23-20(27)15-25-13-14-26-21(22(25)28)18-9-5-6-10-19(18)24-26/h2-4,7-8,13-14,16H,5-6,9-12,15H2,1H3,(H,23,27). The first-order chi connectivity index (χ1) is 13.6. The Morgan fingerprint density at radius 2 is 1.96 bits per heavy atom. The van der Waals surface area contributed by atoms with Crippen LogP contribution in [0.4, 0.5) is 0 Å². The van der Waals surface area contributed by atoms with Gasteiger partial charge in [0, 0.05) is 24.0 Å². The minimum atomic E-state index is -0.139. The van der Waals surface area contributed by atoms with Crippen molar-refractivity contribution in [2.45, 2.75) is 58.0 Å². The molecule has 0 aliphatic heterocycles. The van der Waals surface area contributed by atoms with Gasteiger partial charge in [-0.05, 0) is 51.0 Å². The second-order valence-corrected chi connectivity index (χ2v) is 7.65. The van der Waals surface area contributed by atoms with E-state index in [0.717, 1.165) is 49.8 Å². The van der Waals surface area contributed by atoms with Gasteiger partial charge in [0.15, 0.2) is 0 Å². The molecule has 2 aromatic heterocycles. The van der Waals surface area contributed by atoms with Crippen LogP contribution in [0.15, 0.2) is 47.5 Å². The second-order valence-electron chi connectivity index (χ2n) is 7.65. The molecule has 0 radical (unpaired) electrons. The van der Waals surface area contributed by atoms with E-state index in [1.165, 1.54) is 10.1 Å². The van der Waals surface area contributed by atoms with Crippen molar-refractivity contribution in [3.05, 3.63) is 69.9 Å². The van der Waals surface area contributed by atoms with Gasteiger partial charge in [-0.2, -0.15) is 5.10 Å². The van der Waals surface area contributed by atoms with E-state index in [1.807, 2.05) is 25.1 Å². The van der Waals surface area contributed by atoms with Crippen LogP contribution in [0.5, 0.6) is 0 Å². The van der Waals surface area contributed by atoms with Crippen LogP contribution < -0.4 is 10.9 Å². The lowest BCUT2D eigenvalue weighted by Crippen LogP contribution is -2.37. The summed E-state index contributed by atoms with van der Waals surface area (Å²) in [4.78, 5) is 25.4. The van der Waals surface area contributed by atoms with Gasteiger partial charge < -0.3 is 9.88 Å². The number of carbonyl (C=O) groups excluding carboxylic acids is 1. The Kier molecular flexibility index (Phi) is 5.28. The van der Waals surface area contributed by atoms with Crippen molar-refractivity contribution < 1.29 is 4.79 Å². The van der Waals surface area contributed by atoms with Crippen LogP contribution in [0.3, 0.4) is 0 Å². The number of carbonyl (C=O) groups is 1. The normalized spacial score (nSPS) is 14.6. The van der Waals surface area contributed by atoms with Crippen molar-refractivity contribution in [3.63, 3.8) is 0 Å². The zero-order chi connectivity index (χ0) is 19.5. The van der Waals surface area contributed by atoms with Crippen LogP contribution in [-0.2, 0) is 30.6 Å². The molecular formula is C22H26N4O2. The molecule has 1 unspecified atom stereocenters. The van der Waals surface area contributed by atoms with Gasteiger partial charge in [0.2, 0.25) is 5.91 Å². The summed E-state index contributed by atoms with van der Waals surface area (Å²) in [6, 6.07) is 10.3. The molecule has 0 saturated heterocycles. The average Bonchev–Trinajstić information content (AvgIpc) is 3.08. The fourth-order valence-electron chi connectivity index (χ4n) is 3.96. The summed E-state index contributed by atoms with van der Waals surface area (Å²) in [7, 11) is 0. The molecule has 1 aromatic carbocycles. The Morgan fingerprint density at radius 3 is 2.79 bits per heavy atom. The summed E-state index contributed by atoms with van der Waals surface area (Å²) in [5.41, 5.74) is 3.84. The van der Waals surface area contributed by atoms with Crippen molar-refractivity contribution in [1.82, 2.24) is 19.5 Å². The van der Waals surface area contributed by atoms with Gasteiger partial charge in [0.1, 0.15) is 12.1 Å². The molecule has 1 N–H and O–H groups in total. The molecule has 0 saturated carbocycles. The predicted octanol–water partition coefficient (Wildman–Crippen LogP) is 2.51. The van der Waals surface area contributed by atoms with Gasteiger partial charge in [-0.3, -0.25) is 9.59 Å². The Hall–Kier alpha value is -2.89. The Bertz CT molecular complexity index is 1040. The summed E-state index contributed by atoms with van der Waals surface area (Å²) >= 11 is 0. The van der Waals surface area contributed by atoms with E-state index in [2.05, 4.69) is 22.5 Å². The minimum Gasteiger partial charge on any atom is -0.352 e. The van der Waals surface area contributed by atoms with E-state index in [0.29, 0.717) is 5.52 Å².